The molecule has 0 atom stereocenters. The maximum atomic E-state index is 5.70. The van der Waals surface area contributed by atoms with Gasteiger partial charge in [0.15, 0.2) is 0 Å². The molecule has 5 heteroatoms. The molecule has 2 aromatic heterocycles. The second-order valence-electron chi connectivity index (χ2n) is 3.76. The number of hydrogen-bond acceptors (Lipinski definition) is 3. The lowest BCUT2D eigenvalue weighted by atomic mass is 10.3. The third-order valence-electron chi connectivity index (χ3n) is 2.57. The van der Waals surface area contributed by atoms with Crippen molar-refractivity contribution in [2.75, 3.05) is 0 Å². The number of aryl methyl sites for hydroxylation is 2. The SMILES string of the molecule is CCc1nn(C)c(COCc2cccs2)c1Br. The molecule has 0 aromatic carbocycles. The average molecular weight is 315 g/mol. The third-order valence-corrected chi connectivity index (χ3v) is 4.33. The molecule has 3 nitrogen and oxygen atoms in total. The number of nitrogens with zero attached hydrogens (tertiary/aromatic N) is 2. The minimum absolute atomic E-state index is 0.585. The summed E-state index contributed by atoms with van der Waals surface area (Å²) in [6, 6.07) is 4.12. The maximum absolute atomic E-state index is 5.70. The highest BCUT2D eigenvalue weighted by Crippen LogP contribution is 2.22. The van der Waals surface area contributed by atoms with E-state index in [0.717, 1.165) is 22.3 Å². The average Bonchev–Trinajstić information content (AvgIpc) is 2.91. The summed E-state index contributed by atoms with van der Waals surface area (Å²) in [5.41, 5.74) is 2.18. The number of halogens is 1. The van der Waals surface area contributed by atoms with E-state index in [4.69, 9.17) is 4.74 Å². The first-order chi connectivity index (χ1) is 8.22. The van der Waals surface area contributed by atoms with E-state index in [0.29, 0.717) is 13.2 Å². The first-order valence-corrected chi connectivity index (χ1v) is 7.20. The zero-order chi connectivity index (χ0) is 12.3. The summed E-state index contributed by atoms with van der Waals surface area (Å²) in [5, 5.41) is 6.50. The number of aromatic nitrogens is 2. The van der Waals surface area contributed by atoms with Gasteiger partial charge in [-0.3, -0.25) is 4.68 Å². The zero-order valence-electron chi connectivity index (χ0n) is 9.94. The van der Waals surface area contributed by atoms with Crippen LogP contribution in [0.4, 0.5) is 0 Å². The highest BCUT2D eigenvalue weighted by Gasteiger charge is 2.12. The van der Waals surface area contributed by atoms with Gasteiger partial charge in [0.1, 0.15) is 0 Å². The first-order valence-electron chi connectivity index (χ1n) is 5.52. The van der Waals surface area contributed by atoms with Crippen LogP contribution in [-0.2, 0) is 31.4 Å². The van der Waals surface area contributed by atoms with Gasteiger partial charge in [-0.05, 0) is 33.8 Å². The summed E-state index contributed by atoms with van der Waals surface area (Å²) < 4.78 is 8.67. The van der Waals surface area contributed by atoms with Gasteiger partial charge in [0.25, 0.3) is 0 Å². The fraction of sp³-hybridized carbons (Fsp3) is 0.417. The molecule has 2 aromatic rings. The van der Waals surface area contributed by atoms with Gasteiger partial charge in [0, 0.05) is 11.9 Å². The van der Waals surface area contributed by atoms with Crippen LogP contribution in [0.1, 0.15) is 23.2 Å². The zero-order valence-corrected chi connectivity index (χ0v) is 12.3. The van der Waals surface area contributed by atoms with Gasteiger partial charge in [-0.2, -0.15) is 5.10 Å². The summed E-state index contributed by atoms with van der Waals surface area (Å²) in [5.74, 6) is 0. The molecule has 2 heterocycles. The standard InChI is InChI=1S/C12H15BrN2OS/c1-3-10-12(13)11(15(2)14-10)8-16-7-9-5-4-6-17-9/h4-6H,3,7-8H2,1-2H3. The molecular formula is C12H15BrN2OS. The van der Waals surface area contributed by atoms with Crippen LogP contribution in [0.5, 0.6) is 0 Å². The maximum Gasteiger partial charge on any atom is 0.0901 e. The topological polar surface area (TPSA) is 27.1 Å². The second kappa shape index (κ2) is 5.80. The minimum Gasteiger partial charge on any atom is -0.370 e. The highest BCUT2D eigenvalue weighted by atomic mass is 79.9. The molecule has 0 aliphatic carbocycles. The van der Waals surface area contributed by atoms with Crippen LogP contribution in [0.15, 0.2) is 22.0 Å². The molecule has 92 valence electrons. The Balaban J connectivity index is 1.97. The Bertz CT molecular complexity index is 479. The van der Waals surface area contributed by atoms with Crippen molar-refractivity contribution in [2.24, 2.45) is 7.05 Å². The van der Waals surface area contributed by atoms with E-state index in [1.165, 1.54) is 4.88 Å². The normalized spacial score (nSPS) is 11.0. The fourth-order valence-electron chi connectivity index (χ4n) is 1.62. The molecule has 0 saturated carbocycles. The Hall–Kier alpha value is -0.650. The molecule has 0 bridgehead atoms. The number of rotatable bonds is 5. The van der Waals surface area contributed by atoms with Crippen LogP contribution in [0, 0.1) is 0 Å². The van der Waals surface area contributed by atoms with Crippen LogP contribution < -0.4 is 0 Å². The summed E-state index contributed by atoms with van der Waals surface area (Å²) in [6.07, 6.45) is 0.930. The lowest BCUT2D eigenvalue weighted by Crippen LogP contribution is -2.01. The Labute approximate surface area is 114 Å². The van der Waals surface area contributed by atoms with Gasteiger partial charge < -0.3 is 4.74 Å². The predicted octanol–water partition coefficient (Wildman–Crippen LogP) is 3.52. The molecule has 0 aliphatic heterocycles. The monoisotopic (exact) mass is 314 g/mol. The van der Waals surface area contributed by atoms with E-state index >= 15 is 0 Å². The number of thiophene rings is 1. The summed E-state index contributed by atoms with van der Waals surface area (Å²) >= 11 is 5.30. The van der Waals surface area contributed by atoms with E-state index in [9.17, 15) is 0 Å². The first kappa shape index (κ1) is 12.8. The quantitative estimate of drug-likeness (QED) is 0.844. The highest BCUT2D eigenvalue weighted by molar-refractivity contribution is 9.10. The Morgan fingerprint density at radius 3 is 2.88 bits per heavy atom. The molecule has 0 fully saturated rings. The molecule has 0 radical (unpaired) electrons. The summed E-state index contributed by atoms with van der Waals surface area (Å²) in [7, 11) is 1.95. The van der Waals surface area contributed by atoms with Crippen LogP contribution in [0.2, 0.25) is 0 Å². The molecule has 0 spiro atoms. The van der Waals surface area contributed by atoms with E-state index < -0.39 is 0 Å². The molecule has 0 saturated heterocycles. The summed E-state index contributed by atoms with van der Waals surface area (Å²) in [6.45, 7) is 3.35. The van der Waals surface area contributed by atoms with Crippen LogP contribution in [0.25, 0.3) is 0 Å². The van der Waals surface area contributed by atoms with Gasteiger partial charge in [0.05, 0.1) is 29.1 Å². The molecule has 0 N–H and O–H groups in total. The molecule has 0 unspecified atom stereocenters. The van der Waals surface area contributed by atoms with E-state index in [1.807, 2.05) is 17.8 Å². The van der Waals surface area contributed by atoms with E-state index in [-0.39, 0.29) is 0 Å². The van der Waals surface area contributed by atoms with Crippen molar-refractivity contribution in [2.45, 2.75) is 26.6 Å². The van der Waals surface area contributed by atoms with Crippen molar-refractivity contribution >= 4 is 27.3 Å². The van der Waals surface area contributed by atoms with Crippen molar-refractivity contribution in [3.8, 4) is 0 Å². The largest absolute Gasteiger partial charge is 0.370 e. The Morgan fingerprint density at radius 1 is 1.47 bits per heavy atom. The van der Waals surface area contributed by atoms with Crippen LogP contribution in [-0.4, -0.2) is 9.78 Å². The Kier molecular flexibility index (Phi) is 4.36. The van der Waals surface area contributed by atoms with Gasteiger partial charge in [-0.25, -0.2) is 0 Å². The van der Waals surface area contributed by atoms with Gasteiger partial charge in [-0.15, -0.1) is 11.3 Å². The lowest BCUT2D eigenvalue weighted by molar-refractivity contribution is 0.104. The van der Waals surface area contributed by atoms with Gasteiger partial charge in [-0.1, -0.05) is 13.0 Å². The fourth-order valence-corrected chi connectivity index (χ4v) is 2.99. The van der Waals surface area contributed by atoms with Crippen molar-refractivity contribution in [3.63, 3.8) is 0 Å². The van der Waals surface area contributed by atoms with Crippen molar-refractivity contribution in [1.82, 2.24) is 9.78 Å². The van der Waals surface area contributed by atoms with Crippen molar-refractivity contribution < 1.29 is 4.74 Å². The molecule has 0 amide bonds. The van der Waals surface area contributed by atoms with E-state index in [1.54, 1.807) is 11.3 Å². The predicted molar refractivity (Wildman–Crippen MR) is 73.1 cm³/mol. The summed E-state index contributed by atoms with van der Waals surface area (Å²) in [4.78, 5) is 1.25. The van der Waals surface area contributed by atoms with Crippen molar-refractivity contribution in [3.05, 3.63) is 38.3 Å². The van der Waals surface area contributed by atoms with Crippen molar-refractivity contribution in [1.29, 1.82) is 0 Å². The smallest absolute Gasteiger partial charge is 0.0901 e. The third kappa shape index (κ3) is 2.97. The second-order valence-corrected chi connectivity index (χ2v) is 5.58. The van der Waals surface area contributed by atoms with Gasteiger partial charge >= 0.3 is 0 Å². The lowest BCUT2D eigenvalue weighted by Gasteiger charge is -2.04. The Morgan fingerprint density at radius 2 is 2.29 bits per heavy atom. The molecule has 2 rings (SSSR count). The van der Waals surface area contributed by atoms with Crippen LogP contribution >= 0.6 is 27.3 Å². The van der Waals surface area contributed by atoms with Gasteiger partial charge in [0.2, 0.25) is 0 Å². The number of hydrogen-bond donors (Lipinski definition) is 0. The number of ether oxygens (including phenoxy) is 1. The van der Waals surface area contributed by atoms with Crippen LogP contribution in [0.3, 0.4) is 0 Å². The molecule has 0 aliphatic rings. The molecular weight excluding hydrogens is 300 g/mol. The van der Waals surface area contributed by atoms with E-state index in [2.05, 4.69) is 39.4 Å². The minimum atomic E-state index is 0.585. The molecule has 17 heavy (non-hydrogen) atoms.